The van der Waals surface area contributed by atoms with Gasteiger partial charge in [-0.25, -0.2) is 0 Å². The van der Waals surface area contributed by atoms with Crippen molar-refractivity contribution in [1.82, 2.24) is 0 Å². The zero-order chi connectivity index (χ0) is 15.8. The highest BCUT2D eigenvalue weighted by Gasteiger charge is 2.20. The summed E-state index contributed by atoms with van der Waals surface area (Å²) in [5.41, 5.74) is 2.60. The quantitative estimate of drug-likeness (QED) is 0.458. The van der Waals surface area contributed by atoms with E-state index in [0.29, 0.717) is 5.76 Å². The van der Waals surface area contributed by atoms with Crippen LogP contribution in [0.25, 0.3) is 39.1 Å². The largest absolute Gasteiger partial charge is 0.455 e. The molecule has 0 spiro atoms. The van der Waals surface area contributed by atoms with Gasteiger partial charge in [0.25, 0.3) is 0 Å². The van der Waals surface area contributed by atoms with Crippen molar-refractivity contribution in [3.05, 3.63) is 65.7 Å². The molecule has 1 aliphatic carbocycles. The minimum Gasteiger partial charge on any atom is -0.455 e. The fraction of sp³-hybridized carbons (Fsp3) is 0. The highest BCUT2D eigenvalue weighted by molar-refractivity contribution is 6.10. The van der Waals surface area contributed by atoms with E-state index in [0.717, 1.165) is 32.9 Å². The Morgan fingerprint density at radius 2 is 1.61 bits per heavy atom. The Balaban J connectivity index is 2.19. The summed E-state index contributed by atoms with van der Waals surface area (Å²) in [7, 11) is 0. The Morgan fingerprint density at radius 1 is 0.913 bits per heavy atom. The van der Waals surface area contributed by atoms with Gasteiger partial charge in [0, 0.05) is 16.5 Å². The van der Waals surface area contributed by atoms with Crippen molar-refractivity contribution < 1.29 is 4.42 Å². The number of rotatable bonds is 1. The minimum absolute atomic E-state index is 0.0611. The van der Waals surface area contributed by atoms with E-state index >= 15 is 0 Å². The van der Waals surface area contributed by atoms with E-state index in [2.05, 4.69) is 6.07 Å². The first-order chi connectivity index (χ1) is 11.3. The van der Waals surface area contributed by atoms with Crippen molar-refractivity contribution in [3.63, 3.8) is 0 Å². The van der Waals surface area contributed by atoms with Gasteiger partial charge in [-0.1, -0.05) is 42.5 Å². The molecule has 0 amide bonds. The van der Waals surface area contributed by atoms with Crippen molar-refractivity contribution in [2.45, 2.75) is 0 Å². The average molecular weight is 294 g/mol. The molecule has 0 radical (unpaired) electrons. The Kier molecular flexibility index (Phi) is 2.86. The topological polar surface area (TPSA) is 60.7 Å². The molecule has 3 heteroatoms. The predicted octanol–water partition coefficient (Wildman–Crippen LogP) is 5.12. The summed E-state index contributed by atoms with van der Waals surface area (Å²) in [4.78, 5) is 0. The summed E-state index contributed by atoms with van der Waals surface area (Å²) in [5.74, 6) is 0.702. The minimum atomic E-state index is 0.0611. The fourth-order valence-electron chi connectivity index (χ4n) is 2.93. The monoisotopic (exact) mass is 294 g/mol. The van der Waals surface area contributed by atoms with E-state index in [9.17, 15) is 0 Å². The van der Waals surface area contributed by atoms with E-state index in [-0.39, 0.29) is 5.57 Å². The van der Waals surface area contributed by atoms with Gasteiger partial charge >= 0.3 is 0 Å². The Labute approximate surface area is 132 Å². The van der Waals surface area contributed by atoms with Crippen molar-refractivity contribution in [2.75, 3.05) is 0 Å². The molecule has 0 N–H and O–H groups in total. The lowest BCUT2D eigenvalue weighted by atomic mass is 10.1. The lowest BCUT2D eigenvalue weighted by molar-refractivity contribution is 0.621. The second-order valence-corrected chi connectivity index (χ2v) is 5.27. The van der Waals surface area contributed by atoms with Crippen LogP contribution >= 0.6 is 0 Å². The number of nitrogens with zero attached hydrogens (tertiary/aromatic N) is 2. The molecule has 2 aliphatic rings. The molecule has 2 aromatic rings. The fourth-order valence-corrected chi connectivity index (χ4v) is 2.93. The van der Waals surface area contributed by atoms with Crippen molar-refractivity contribution >= 4 is 27.8 Å². The summed E-state index contributed by atoms with van der Waals surface area (Å²) < 4.78 is 6.09. The van der Waals surface area contributed by atoms with Crippen LogP contribution < -0.4 is 0 Å². The SMILES string of the molecule is N#CC(C#N)=Cc1c2oc3ccccc3cc-2c2ccccc12. The van der Waals surface area contributed by atoms with Crippen LogP contribution in [-0.2, 0) is 0 Å². The summed E-state index contributed by atoms with van der Waals surface area (Å²) in [5, 5.41) is 21.2. The Bertz CT molecular complexity index is 1120. The van der Waals surface area contributed by atoms with Gasteiger partial charge in [-0.05, 0) is 29.0 Å². The van der Waals surface area contributed by atoms with Gasteiger partial charge in [0.2, 0.25) is 0 Å². The highest BCUT2D eigenvalue weighted by Crippen LogP contribution is 2.42. The number of allylic oxidation sites excluding steroid dienone is 1. The Morgan fingerprint density at radius 3 is 2.39 bits per heavy atom. The van der Waals surface area contributed by atoms with Crippen LogP contribution in [0.4, 0.5) is 0 Å². The molecule has 0 unspecified atom stereocenters. The van der Waals surface area contributed by atoms with Gasteiger partial charge in [0.15, 0.2) is 0 Å². The van der Waals surface area contributed by atoms with Gasteiger partial charge in [0.05, 0.1) is 0 Å². The third-order valence-corrected chi connectivity index (χ3v) is 3.96. The molecule has 106 valence electrons. The first kappa shape index (κ1) is 13.1. The van der Waals surface area contributed by atoms with Crippen molar-refractivity contribution in [2.24, 2.45) is 0 Å². The van der Waals surface area contributed by atoms with E-state index < -0.39 is 0 Å². The molecule has 3 nitrogen and oxygen atoms in total. The second-order valence-electron chi connectivity index (χ2n) is 5.27. The van der Waals surface area contributed by atoms with Crippen LogP contribution in [0, 0.1) is 22.7 Å². The number of benzene rings is 2. The summed E-state index contributed by atoms with van der Waals surface area (Å²) >= 11 is 0. The van der Waals surface area contributed by atoms with Crippen LogP contribution in [0.3, 0.4) is 0 Å². The molecule has 1 heterocycles. The summed E-state index contributed by atoms with van der Waals surface area (Å²) in [6, 6.07) is 21.6. The van der Waals surface area contributed by atoms with Crippen molar-refractivity contribution in [1.29, 1.82) is 10.5 Å². The molecule has 0 bridgehead atoms. The van der Waals surface area contributed by atoms with Crippen molar-refractivity contribution in [3.8, 4) is 23.5 Å². The van der Waals surface area contributed by atoms with Crippen LogP contribution in [-0.4, -0.2) is 0 Å². The highest BCUT2D eigenvalue weighted by atomic mass is 16.3. The number of fused-ring (bicyclic) bond motifs is 4. The summed E-state index contributed by atoms with van der Waals surface area (Å²) in [6.45, 7) is 0. The van der Waals surface area contributed by atoms with Gasteiger partial charge in [-0.3, -0.25) is 0 Å². The normalized spacial score (nSPS) is 10.5. The molecular formula is C20H10N2O. The van der Waals surface area contributed by atoms with E-state index in [1.807, 2.05) is 60.7 Å². The van der Waals surface area contributed by atoms with Gasteiger partial charge in [-0.15, -0.1) is 0 Å². The molecular weight excluding hydrogens is 284 g/mol. The Hall–Kier alpha value is -3.56. The number of nitriles is 2. The molecule has 0 atom stereocenters. The van der Waals surface area contributed by atoms with E-state index in [4.69, 9.17) is 14.9 Å². The first-order valence-corrected chi connectivity index (χ1v) is 7.16. The predicted molar refractivity (Wildman–Crippen MR) is 89.5 cm³/mol. The van der Waals surface area contributed by atoms with Gasteiger partial charge in [-0.2, -0.15) is 10.5 Å². The smallest absolute Gasteiger partial charge is 0.143 e. The van der Waals surface area contributed by atoms with E-state index in [1.165, 1.54) is 0 Å². The lowest BCUT2D eigenvalue weighted by Crippen LogP contribution is -1.81. The van der Waals surface area contributed by atoms with Crippen LogP contribution in [0.2, 0.25) is 0 Å². The standard InChI is InChI=1S/C20H10N2O/c21-11-13(12-22)9-17-15-6-2-3-7-16(15)18-10-14-5-1-4-8-19(14)23-20(17)18/h1-10H. The van der Waals surface area contributed by atoms with Gasteiger partial charge in [0.1, 0.15) is 29.1 Å². The number of hydrogen-bond donors (Lipinski definition) is 0. The number of hydrogen-bond acceptors (Lipinski definition) is 3. The molecule has 23 heavy (non-hydrogen) atoms. The molecule has 1 aliphatic heterocycles. The molecule has 2 aromatic carbocycles. The first-order valence-electron chi connectivity index (χ1n) is 7.16. The maximum absolute atomic E-state index is 9.07. The van der Waals surface area contributed by atoms with E-state index in [1.54, 1.807) is 6.08 Å². The molecule has 0 fully saturated rings. The zero-order valence-electron chi connectivity index (χ0n) is 12.1. The molecule has 4 rings (SSSR count). The summed E-state index contributed by atoms with van der Waals surface area (Å²) in [6.07, 6.45) is 1.60. The third kappa shape index (κ3) is 1.96. The lowest BCUT2D eigenvalue weighted by Gasteiger charge is -2.04. The molecule has 0 saturated heterocycles. The van der Waals surface area contributed by atoms with Crippen LogP contribution in [0.1, 0.15) is 5.56 Å². The van der Waals surface area contributed by atoms with Gasteiger partial charge < -0.3 is 4.42 Å². The molecule has 0 aromatic heterocycles. The third-order valence-electron chi connectivity index (χ3n) is 3.96. The van der Waals surface area contributed by atoms with Crippen LogP contribution in [0.5, 0.6) is 0 Å². The maximum Gasteiger partial charge on any atom is 0.143 e. The maximum atomic E-state index is 9.07. The number of para-hydroxylation sites is 1. The zero-order valence-corrected chi connectivity index (χ0v) is 12.1. The van der Waals surface area contributed by atoms with Crippen LogP contribution in [0.15, 0.2) is 64.6 Å². The second kappa shape index (κ2) is 5.02. The average Bonchev–Trinajstić information content (AvgIpc) is 2.91. The molecule has 0 saturated carbocycles.